The molecule has 7 heteroatoms. The van der Waals surface area contributed by atoms with Crippen molar-refractivity contribution in [1.82, 2.24) is 10.2 Å². The first-order valence-electron chi connectivity index (χ1n) is 13.1. The van der Waals surface area contributed by atoms with Crippen molar-refractivity contribution < 1.29 is 19.4 Å². The van der Waals surface area contributed by atoms with Gasteiger partial charge in [0.2, 0.25) is 0 Å². The molecule has 0 aliphatic carbocycles. The second-order valence-corrected chi connectivity index (χ2v) is 10.7. The molecule has 0 radical (unpaired) electrons. The van der Waals surface area contributed by atoms with Gasteiger partial charge in [-0.3, -0.25) is 9.69 Å². The van der Waals surface area contributed by atoms with Crippen LogP contribution in [0.15, 0.2) is 72.8 Å². The number of hydrogen-bond acceptors (Lipinski definition) is 5. The van der Waals surface area contributed by atoms with E-state index in [1.807, 2.05) is 79.9 Å². The normalized spacial score (nSPS) is 15.8. The van der Waals surface area contributed by atoms with Crippen molar-refractivity contribution in [3.05, 3.63) is 89.5 Å². The maximum Gasteiger partial charge on any atom is 0.326 e. The van der Waals surface area contributed by atoms with Crippen LogP contribution in [-0.2, 0) is 11.3 Å². The molecule has 1 amide bonds. The molecular formula is C32H40N2O4S. The molecule has 0 aromatic heterocycles. The summed E-state index contributed by atoms with van der Waals surface area (Å²) < 4.78 is 6.06. The predicted molar refractivity (Wildman–Crippen MR) is 161 cm³/mol. The van der Waals surface area contributed by atoms with Crippen LogP contribution in [0.1, 0.15) is 48.2 Å². The van der Waals surface area contributed by atoms with Gasteiger partial charge in [0.1, 0.15) is 18.4 Å². The number of aryl methyl sites for hydroxylation is 1. The largest absolute Gasteiger partial charge is 0.492 e. The van der Waals surface area contributed by atoms with Crippen LogP contribution in [0, 0.1) is 6.92 Å². The third kappa shape index (κ3) is 8.10. The molecule has 1 aliphatic rings. The fourth-order valence-electron chi connectivity index (χ4n) is 4.95. The van der Waals surface area contributed by atoms with E-state index in [0.29, 0.717) is 30.4 Å². The van der Waals surface area contributed by atoms with Crippen LogP contribution in [0.25, 0.3) is 11.1 Å². The number of amides is 1. The molecule has 1 saturated heterocycles. The Morgan fingerprint density at radius 1 is 1.08 bits per heavy atom. The Bertz CT molecular complexity index is 1230. The van der Waals surface area contributed by atoms with E-state index in [2.05, 4.69) is 16.3 Å². The molecule has 1 aliphatic heterocycles. The Balaban J connectivity index is 0.00000420. The lowest BCUT2D eigenvalue weighted by Gasteiger charge is -2.25. The van der Waals surface area contributed by atoms with Crippen molar-refractivity contribution >= 4 is 23.6 Å². The van der Waals surface area contributed by atoms with Gasteiger partial charge in [-0.25, -0.2) is 4.79 Å². The minimum atomic E-state index is -1.01. The van der Waals surface area contributed by atoms with Gasteiger partial charge in [0, 0.05) is 18.2 Å². The van der Waals surface area contributed by atoms with E-state index < -0.39 is 12.0 Å². The van der Waals surface area contributed by atoms with Gasteiger partial charge in [-0.2, -0.15) is 11.8 Å². The van der Waals surface area contributed by atoms with Gasteiger partial charge >= 0.3 is 5.97 Å². The number of carbonyl (C=O) groups excluding carboxylic acids is 1. The van der Waals surface area contributed by atoms with Crippen molar-refractivity contribution in [2.24, 2.45) is 0 Å². The molecule has 2 N–H and O–H groups in total. The second-order valence-electron chi connectivity index (χ2n) is 9.73. The number of para-hydroxylation sites is 1. The Hall–Kier alpha value is -3.29. The van der Waals surface area contributed by atoms with Crippen molar-refractivity contribution in [2.75, 3.05) is 25.2 Å². The highest BCUT2D eigenvalue weighted by molar-refractivity contribution is 7.98. The van der Waals surface area contributed by atoms with E-state index in [4.69, 9.17) is 4.74 Å². The van der Waals surface area contributed by atoms with Crippen molar-refractivity contribution in [1.29, 1.82) is 0 Å². The lowest BCUT2D eigenvalue weighted by Crippen LogP contribution is -2.41. The number of nitrogens with zero attached hydrogens (tertiary/aromatic N) is 1. The molecule has 1 fully saturated rings. The van der Waals surface area contributed by atoms with Crippen LogP contribution in [0.2, 0.25) is 0 Å². The van der Waals surface area contributed by atoms with Gasteiger partial charge in [-0.1, -0.05) is 56.0 Å². The summed E-state index contributed by atoms with van der Waals surface area (Å²) in [5, 5.41) is 12.4. The summed E-state index contributed by atoms with van der Waals surface area (Å²) in [6.45, 7) is 4.43. The fourth-order valence-corrected chi connectivity index (χ4v) is 5.42. The van der Waals surface area contributed by atoms with Crippen LogP contribution in [0.3, 0.4) is 0 Å². The average molecular weight is 549 g/mol. The quantitative estimate of drug-likeness (QED) is 0.277. The molecule has 3 aromatic rings. The number of ether oxygens (including phenoxy) is 1. The first-order chi connectivity index (χ1) is 18.5. The topological polar surface area (TPSA) is 78.9 Å². The third-order valence-electron chi connectivity index (χ3n) is 7.05. The second kappa shape index (κ2) is 14.8. The van der Waals surface area contributed by atoms with E-state index in [0.717, 1.165) is 53.9 Å². The van der Waals surface area contributed by atoms with Gasteiger partial charge in [-0.15, -0.1) is 0 Å². The zero-order valence-corrected chi connectivity index (χ0v) is 22.9. The summed E-state index contributed by atoms with van der Waals surface area (Å²) >= 11 is 1.56. The van der Waals surface area contributed by atoms with E-state index in [1.165, 1.54) is 0 Å². The lowest BCUT2D eigenvalue weighted by molar-refractivity contribution is -0.139. The molecule has 3 aromatic carbocycles. The van der Waals surface area contributed by atoms with Crippen molar-refractivity contribution in [3.8, 4) is 16.9 Å². The summed E-state index contributed by atoms with van der Waals surface area (Å²) in [6, 6.07) is 23.2. The molecule has 0 spiro atoms. The number of carboxylic acid groups (broad SMARTS) is 1. The maximum atomic E-state index is 13.3. The van der Waals surface area contributed by atoms with E-state index in [9.17, 15) is 14.7 Å². The minimum absolute atomic E-state index is 0. The van der Waals surface area contributed by atoms with Crippen LogP contribution in [-0.4, -0.2) is 59.1 Å². The van der Waals surface area contributed by atoms with E-state index >= 15 is 0 Å². The first-order valence-corrected chi connectivity index (χ1v) is 14.5. The van der Waals surface area contributed by atoms with Gasteiger partial charge in [-0.05, 0) is 91.3 Å². The summed E-state index contributed by atoms with van der Waals surface area (Å²) in [5.41, 5.74) is 4.46. The highest BCUT2D eigenvalue weighted by Gasteiger charge is 2.26. The van der Waals surface area contributed by atoms with Crippen LogP contribution >= 0.6 is 11.8 Å². The number of carbonyl (C=O) groups is 2. The number of thioether (sulfide) groups is 1. The van der Waals surface area contributed by atoms with Crippen LogP contribution in [0.5, 0.6) is 5.75 Å². The molecule has 0 unspecified atom stereocenters. The predicted octanol–water partition coefficient (Wildman–Crippen LogP) is 6.28. The standard InChI is InChI=1S/C31H36N2O4S.CH4/c1-22-9-6-7-13-26(22)28-19-23(14-15-27(28)30(34)32-29(31(35)36)16-18-38-2)20-33-17-8-10-24(33)21-37-25-11-4-3-5-12-25;/h3-7,9,11-15,19,24,29H,8,10,16-18,20-21H2,1-2H3,(H,32,34)(H,35,36);1H4/t24-,29+;/m1./s1. The average Bonchev–Trinajstić information content (AvgIpc) is 3.37. The summed E-state index contributed by atoms with van der Waals surface area (Å²) in [4.78, 5) is 27.6. The number of nitrogens with one attached hydrogen (secondary N) is 1. The summed E-state index contributed by atoms with van der Waals surface area (Å²) in [6.07, 6.45) is 4.51. The SMILES string of the molecule is C.CSCC[C@H](NC(=O)c1ccc(CN2CCC[C@@H]2COc2ccccc2)cc1-c1ccccc1C)C(=O)O. The maximum absolute atomic E-state index is 13.3. The molecule has 0 saturated carbocycles. The zero-order chi connectivity index (χ0) is 26.9. The van der Waals surface area contributed by atoms with Crippen molar-refractivity contribution in [3.63, 3.8) is 0 Å². The number of aliphatic carboxylic acids is 1. The van der Waals surface area contributed by atoms with E-state index in [1.54, 1.807) is 11.8 Å². The molecule has 208 valence electrons. The Kier molecular flexibility index (Phi) is 11.4. The smallest absolute Gasteiger partial charge is 0.326 e. The molecule has 4 rings (SSSR count). The molecule has 2 atom stereocenters. The number of likely N-dealkylation sites (tertiary alicyclic amines) is 1. The summed E-state index contributed by atoms with van der Waals surface area (Å²) in [7, 11) is 0. The number of benzene rings is 3. The molecular weight excluding hydrogens is 508 g/mol. The first kappa shape index (κ1) is 30.3. The minimum Gasteiger partial charge on any atom is -0.492 e. The third-order valence-corrected chi connectivity index (χ3v) is 7.69. The molecule has 0 bridgehead atoms. The number of carboxylic acids is 1. The number of hydrogen-bond donors (Lipinski definition) is 2. The highest BCUT2D eigenvalue weighted by Crippen LogP contribution is 2.30. The fraction of sp³-hybridized carbons (Fsp3) is 0.375. The van der Waals surface area contributed by atoms with E-state index in [-0.39, 0.29) is 13.3 Å². The summed E-state index contributed by atoms with van der Waals surface area (Å²) in [5.74, 6) is 0.165. The van der Waals surface area contributed by atoms with Crippen molar-refractivity contribution in [2.45, 2.75) is 52.2 Å². The van der Waals surface area contributed by atoms with Crippen LogP contribution in [0.4, 0.5) is 0 Å². The Labute approximate surface area is 236 Å². The monoisotopic (exact) mass is 548 g/mol. The zero-order valence-electron chi connectivity index (χ0n) is 22.1. The molecule has 6 nitrogen and oxygen atoms in total. The number of rotatable bonds is 12. The molecule has 39 heavy (non-hydrogen) atoms. The highest BCUT2D eigenvalue weighted by atomic mass is 32.2. The Morgan fingerprint density at radius 3 is 2.54 bits per heavy atom. The van der Waals surface area contributed by atoms with Gasteiger partial charge in [0.05, 0.1) is 0 Å². The van der Waals surface area contributed by atoms with Gasteiger partial charge in [0.25, 0.3) is 5.91 Å². The van der Waals surface area contributed by atoms with Gasteiger partial charge < -0.3 is 15.2 Å². The molecule has 1 heterocycles. The van der Waals surface area contributed by atoms with Gasteiger partial charge in [0.15, 0.2) is 0 Å². The Morgan fingerprint density at radius 2 is 1.82 bits per heavy atom. The van der Waals surface area contributed by atoms with Crippen LogP contribution < -0.4 is 10.1 Å². The lowest BCUT2D eigenvalue weighted by atomic mass is 9.93.